The smallest absolute Gasteiger partial charge is 0.223 e. The van der Waals surface area contributed by atoms with Crippen LogP contribution >= 0.6 is 0 Å². The molecule has 21 heavy (non-hydrogen) atoms. The van der Waals surface area contributed by atoms with E-state index in [0.717, 1.165) is 0 Å². The maximum absolute atomic E-state index is 11.2. The Labute approximate surface area is 122 Å². The number of para-hydroxylation sites is 1. The van der Waals surface area contributed by atoms with Crippen molar-refractivity contribution >= 4 is 5.91 Å². The van der Waals surface area contributed by atoms with Gasteiger partial charge in [-0.25, -0.2) is 0 Å². The van der Waals surface area contributed by atoms with Gasteiger partial charge in [0.05, 0.1) is 6.61 Å². The summed E-state index contributed by atoms with van der Waals surface area (Å²) in [7, 11) is 0. The Morgan fingerprint density at radius 1 is 1.29 bits per heavy atom. The van der Waals surface area contributed by atoms with Crippen LogP contribution in [0, 0.1) is 0 Å². The lowest BCUT2D eigenvalue weighted by atomic mass is 9.97. The van der Waals surface area contributed by atoms with Crippen LogP contribution in [0.25, 0.3) is 0 Å². The standard InChI is InChI=1S/C14H19NO6/c1-8(17)15-11-13(19)12(18)10(7-16)21-14(11)20-9-5-3-2-4-6-9/h2-6,10-14,16,18-19H,7H2,1H3,(H,15,17)/t10-,11+,12-,13-,14?/m1/s1. The van der Waals surface area contributed by atoms with Crippen molar-refractivity contribution in [3.63, 3.8) is 0 Å². The number of aliphatic hydroxyl groups excluding tert-OH is 3. The second-order valence-electron chi connectivity index (χ2n) is 4.86. The molecule has 0 aromatic heterocycles. The fraction of sp³-hybridized carbons (Fsp3) is 0.500. The maximum atomic E-state index is 11.2. The van der Waals surface area contributed by atoms with Gasteiger partial charge in [-0.2, -0.15) is 0 Å². The zero-order chi connectivity index (χ0) is 15.4. The molecule has 1 aliphatic heterocycles. The first-order valence-electron chi connectivity index (χ1n) is 6.64. The van der Waals surface area contributed by atoms with E-state index in [1.807, 2.05) is 6.07 Å². The van der Waals surface area contributed by atoms with Crippen LogP contribution < -0.4 is 10.1 Å². The third-order valence-electron chi connectivity index (χ3n) is 3.25. The van der Waals surface area contributed by atoms with Gasteiger partial charge >= 0.3 is 0 Å². The number of aliphatic hydroxyl groups is 3. The number of carbonyl (C=O) groups excluding carboxylic acids is 1. The molecule has 1 aliphatic rings. The van der Waals surface area contributed by atoms with Gasteiger partial charge < -0.3 is 30.1 Å². The fourth-order valence-electron chi connectivity index (χ4n) is 2.20. The Morgan fingerprint density at radius 2 is 1.95 bits per heavy atom. The predicted molar refractivity (Wildman–Crippen MR) is 72.4 cm³/mol. The average molecular weight is 297 g/mol. The number of rotatable bonds is 4. The van der Waals surface area contributed by atoms with E-state index in [1.165, 1.54) is 6.92 Å². The third-order valence-corrected chi connectivity index (χ3v) is 3.25. The molecule has 4 N–H and O–H groups in total. The molecule has 0 bridgehead atoms. The lowest BCUT2D eigenvalue weighted by Crippen LogP contribution is -2.65. The molecule has 0 radical (unpaired) electrons. The zero-order valence-electron chi connectivity index (χ0n) is 11.5. The first-order chi connectivity index (χ1) is 10.0. The van der Waals surface area contributed by atoms with Gasteiger partial charge in [0.25, 0.3) is 0 Å². The monoisotopic (exact) mass is 297 g/mol. The molecular weight excluding hydrogens is 278 g/mol. The summed E-state index contributed by atoms with van der Waals surface area (Å²) in [6.45, 7) is 0.816. The van der Waals surface area contributed by atoms with Gasteiger partial charge in [-0.05, 0) is 12.1 Å². The van der Waals surface area contributed by atoms with E-state index >= 15 is 0 Å². The average Bonchev–Trinajstić information content (AvgIpc) is 2.47. The summed E-state index contributed by atoms with van der Waals surface area (Å²) in [4.78, 5) is 11.2. The van der Waals surface area contributed by atoms with Crippen LogP contribution in [0.2, 0.25) is 0 Å². The summed E-state index contributed by atoms with van der Waals surface area (Å²) in [5.74, 6) is 0.0945. The van der Waals surface area contributed by atoms with E-state index in [0.29, 0.717) is 5.75 Å². The number of ether oxygens (including phenoxy) is 2. The minimum atomic E-state index is -1.32. The Bertz CT molecular complexity index is 468. The summed E-state index contributed by atoms with van der Waals surface area (Å²) in [6.07, 6.45) is -4.64. The number of hydrogen-bond acceptors (Lipinski definition) is 6. The number of amides is 1. The highest BCUT2D eigenvalue weighted by molar-refractivity contribution is 5.73. The zero-order valence-corrected chi connectivity index (χ0v) is 11.5. The van der Waals surface area contributed by atoms with Gasteiger partial charge in [0.1, 0.15) is 30.1 Å². The number of carbonyl (C=O) groups is 1. The molecule has 0 aliphatic carbocycles. The molecule has 1 aromatic rings. The van der Waals surface area contributed by atoms with Gasteiger partial charge in [0.2, 0.25) is 12.2 Å². The normalized spacial score (nSPS) is 32.5. The van der Waals surface area contributed by atoms with E-state index in [-0.39, 0.29) is 5.91 Å². The molecule has 0 saturated carbocycles. The van der Waals surface area contributed by atoms with E-state index < -0.39 is 37.3 Å². The van der Waals surface area contributed by atoms with Gasteiger partial charge in [-0.1, -0.05) is 18.2 Å². The highest BCUT2D eigenvalue weighted by Gasteiger charge is 2.45. The molecular formula is C14H19NO6. The summed E-state index contributed by atoms with van der Waals surface area (Å²) in [6, 6.07) is 7.79. The summed E-state index contributed by atoms with van der Waals surface area (Å²) < 4.78 is 11.0. The Morgan fingerprint density at radius 3 is 2.52 bits per heavy atom. The third kappa shape index (κ3) is 3.70. The molecule has 1 fully saturated rings. The van der Waals surface area contributed by atoms with Crippen molar-refractivity contribution in [2.24, 2.45) is 0 Å². The fourth-order valence-corrected chi connectivity index (χ4v) is 2.20. The molecule has 1 amide bonds. The largest absolute Gasteiger partial charge is 0.463 e. The molecule has 2 rings (SSSR count). The second-order valence-corrected chi connectivity index (χ2v) is 4.86. The highest BCUT2D eigenvalue weighted by Crippen LogP contribution is 2.24. The Kier molecular flexibility index (Phi) is 5.13. The van der Waals surface area contributed by atoms with E-state index in [1.54, 1.807) is 24.3 Å². The van der Waals surface area contributed by atoms with Gasteiger partial charge in [-0.15, -0.1) is 0 Å². The van der Waals surface area contributed by atoms with Crippen LogP contribution in [-0.2, 0) is 9.53 Å². The Hall–Kier alpha value is -1.67. The van der Waals surface area contributed by atoms with Crippen LogP contribution in [0.4, 0.5) is 0 Å². The summed E-state index contributed by atoms with van der Waals surface area (Å²) >= 11 is 0. The highest BCUT2D eigenvalue weighted by atomic mass is 16.7. The quantitative estimate of drug-likeness (QED) is 0.568. The van der Waals surface area contributed by atoms with Gasteiger partial charge in [0.15, 0.2) is 0 Å². The van der Waals surface area contributed by atoms with Crippen molar-refractivity contribution in [1.29, 1.82) is 0 Å². The predicted octanol–water partition coefficient (Wildman–Crippen LogP) is -0.991. The molecule has 116 valence electrons. The molecule has 1 aromatic carbocycles. The van der Waals surface area contributed by atoms with Crippen molar-refractivity contribution in [3.8, 4) is 5.75 Å². The first kappa shape index (κ1) is 15.7. The van der Waals surface area contributed by atoms with Crippen molar-refractivity contribution in [1.82, 2.24) is 5.32 Å². The molecule has 7 nitrogen and oxygen atoms in total. The van der Waals surface area contributed by atoms with Crippen molar-refractivity contribution in [2.45, 2.75) is 37.6 Å². The lowest BCUT2D eigenvalue weighted by molar-refractivity contribution is -0.244. The van der Waals surface area contributed by atoms with Crippen molar-refractivity contribution in [3.05, 3.63) is 30.3 Å². The first-order valence-corrected chi connectivity index (χ1v) is 6.64. The van der Waals surface area contributed by atoms with Gasteiger partial charge in [-0.3, -0.25) is 4.79 Å². The molecule has 1 saturated heterocycles. The summed E-state index contributed by atoms with van der Waals surface area (Å²) in [5, 5.41) is 31.7. The van der Waals surface area contributed by atoms with Crippen LogP contribution in [0.5, 0.6) is 5.75 Å². The molecule has 1 heterocycles. The van der Waals surface area contributed by atoms with E-state index in [2.05, 4.69) is 5.32 Å². The summed E-state index contributed by atoms with van der Waals surface area (Å²) in [5.41, 5.74) is 0. The second kappa shape index (κ2) is 6.86. The van der Waals surface area contributed by atoms with Gasteiger partial charge in [0, 0.05) is 6.92 Å². The molecule has 5 atom stereocenters. The lowest BCUT2D eigenvalue weighted by Gasteiger charge is -2.42. The Balaban J connectivity index is 2.18. The van der Waals surface area contributed by atoms with Crippen LogP contribution in [-0.4, -0.2) is 58.5 Å². The number of hydrogen-bond donors (Lipinski definition) is 4. The van der Waals surface area contributed by atoms with Crippen molar-refractivity contribution in [2.75, 3.05) is 6.61 Å². The number of benzene rings is 1. The van der Waals surface area contributed by atoms with Crippen LogP contribution in [0.3, 0.4) is 0 Å². The maximum Gasteiger partial charge on any atom is 0.223 e. The number of nitrogens with one attached hydrogen (secondary N) is 1. The van der Waals surface area contributed by atoms with Crippen LogP contribution in [0.1, 0.15) is 6.92 Å². The SMILES string of the molecule is CC(=O)N[C@@H]1C(Oc2ccccc2)O[C@H](CO)[C@@H](O)[C@@H]1O. The molecule has 7 heteroatoms. The topological polar surface area (TPSA) is 108 Å². The molecule has 0 spiro atoms. The van der Waals surface area contributed by atoms with Crippen LogP contribution in [0.15, 0.2) is 30.3 Å². The van der Waals surface area contributed by atoms with E-state index in [4.69, 9.17) is 9.47 Å². The molecule has 1 unspecified atom stereocenters. The van der Waals surface area contributed by atoms with E-state index in [9.17, 15) is 20.1 Å². The van der Waals surface area contributed by atoms with Crippen molar-refractivity contribution < 1.29 is 29.6 Å². The minimum absolute atomic E-state index is 0.390. The minimum Gasteiger partial charge on any atom is -0.463 e.